The first-order valence-corrected chi connectivity index (χ1v) is 8.12. The third-order valence-electron chi connectivity index (χ3n) is 2.79. The summed E-state index contributed by atoms with van der Waals surface area (Å²) in [4.78, 5) is 1.83. The summed E-state index contributed by atoms with van der Waals surface area (Å²) in [5.74, 6) is 0.773. The van der Waals surface area contributed by atoms with E-state index in [1.54, 1.807) is 18.4 Å². The van der Waals surface area contributed by atoms with Crippen LogP contribution in [0.15, 0.2) is 49.6 Å². The van der Waals surface area contributed by atoms with E-state index in [-0.39, 0.29) is 4.90 Å². The van der Waals surface area contributed by atoms with Crippen molar-refractivity contribution in [3.8, 4) is 0 Å². The van der Waals surface area contributed by atoms with Gasteiger partial charge in [0.1, 0.15) is 5.76 Å². The Labute approximate surface area is 122 Å². The molecule has 5 nitrogen and oxygen atoms in total. The van der Waals surface area contributed by atoms with Gasteiger partial charge in [-0.15, -0.1) is 0 Å². The Morgan fingerprint density at radius 3 is 2.45 bits per heavy atom. The Hall–Kier alpha value is -1.44. The minimum atomic E-state index is -3.46. The van der Waals surface area contributed by atoms with Gasteiger partial charge >= 0.3 is 0 Å². The number of hydrogen-bond donors (Lipinski definition) is 1. The number of furan rings is 1. The molecule has 1 heterocycles. The van der Waals surface area contributed by atoms with Crippen LogP contribution in [0.2, 0.25) is 0 Å². The molecular weight excluding hydrogens is 296 g/mol. The largest absolute Gasteiger partial charge is 0.468 e. The molecule has 1 aromatic heterocycles. The maximum Gasteiger partial charge on any atom is 0.242 e. The highest BCUT2D eigenvalue weighted by Gasteiger charge is 2.19. The quantitative estimate of drug-likeness (QED) is 0.878. The van der Waals surface area contributed by atoms with Crippen molar-refractivity contribution >= 4 is 27.5 Å². The lowest BCUT2D eigenvalue weighted by atomic mass is 10.3. The number of anilines is 1. The summed E-state index contributed by atoms with van der Waals surface area (Å²) in [6.45, 7) is 1.85. The van der Waals surface area contributed by atoms with Gasteiger partial charge < -0.3 is 10.2 Å². The fourth-order valence-corrected chi connectivity index (χ4v) is 3.50. The van der Waals surface area contributed by atoms with E-state index in [4.69, 9.17) is 10.2 Å². The van der Waals surface area contributed by atoms with Gasteiger partial charge in [-0.3, -0.25) is 0 Å². The molecule has 2 aromatic rings. The van der Waals surface area contributed by atoms with Crippen molar-refractivity contribution in [2.75, 3.05) is 19.8 Å². The fraction of sp³-hybridized carbons (Fsp3) is 0.231. The van der Waals surface area contributed by atoms with Crippen LogP contribution in [0.5, 0.6) is 0 Å². The minimum Gasteiger partial charge on any atom is -0.468 e. The summed E-state index contributed by atoms with van der Waals surface area (Å²) < 4.78 is 30.6. The van der Waals surface area contributed by atoms with Gasteiger partial charge in [-0.2, -0.15) is 0 Å². The highest BCUT2D eigenvalue weighted by Crippen LogP contribution is 2.36. The molecule has 20 heavy (non-hydrogen) atoms. The zero-order valence-electron chi connectivity index (χ0n) is 11.5. The Kier molecular flexibility index (Phi) is 4.12. The molecule has 0 atom stereocenters. The molecule has 0 aliphatic carbocycles. The number of nitrogens with two attached hydrogens (primary N) is 1. The molecule has 0 aliphatic rings. The molecule has 0 saturated carbocycles. The van der Waals surface area contributed by atoms with Gasteiger partial charge in [0.25, 0.3) is 0 Å². The molecule has 0 radical (unpaired) electrons. The maximum atomic E-state index is 12.1. The SMILES string of the molecule is Cc1occc1Sc1cc(S(=O)(=O)N(C)C)ccc1N. The molecule has 2 N–H and O–H groups in total. The third-order valence-corrected chi connectivity index (χ3v) is 5.82. The number of rotatable bonds is 4. The summed E-state index contributed by atoms with van der Waals surface area (Å²) in [5.41, 5.74) is 6.45. The summed E-state index contributed by atoms with van der Waals surface area (Å²) in [5, 5.41) is 0. The lowest BCUT2D eigenvalue weighted by Crippen LogP contribution is -2.22. The van der Waals surface area contributed by atoms with E-state index in [0.717, 1.165) is 10.7 Å². The molecule has 0 fully saturated rings. The Morgan fingerprint density at radius 2 is 1.90 bits per heavy atom. The third kappa shape index (κ3) is 2.84. The summed E-state index contributed by atoms with van der Waals surface area (Å²) in [7, 11) is -0.467. The highest BCUT2D eigenvalue weighted by molar-refractivity contribution is 7.99. The van der Waals surface area contributed by atoms with Gasteiger partial charge in [0.15, 0.2) is 0 Å². The average Bonchev–Trinajstić information content (AvgIpc) is 2.77. The second kappa shape index (κ2) is 5.51. The van der Waals surface area contributed by atoms with Crippen molar-refractivity contribution in [2.45, 2.75) is 21.6 Å². The van der Waals surface area contributed by atoms with Crippen molar-refractivity contribution in [1.82, 2.24) is 4.31 Å². The van der Waals surface area contributed by atoms with E-state index in [9.17, 15) is 8.42 Å². The second-order valence-electron chi connectivity index (χ2n) is 4.43. The number of aryl methyl sites for hydroxylation is 1. The van der Waals surface area contributed by atoms with Crippen molar-refractivity contribution in [1.29, 1.82) is 0 Å². The van der Waals surface area contributed by atoms with E-state index < -0.39 is 10.0 Å². The van der Waals surface area contributed by atoms with Crippen LogP contribution in [0.3, 0.4) is 0 Å². The molecule has 0 aliphatic heterocycles. The average molecular weight is 312 g/mol. The number of nitrogen functional groups attached to an aromatic ring is 1. The van der Waals surface area contributed by atoms with Gasteiger partial charge in [0.2, 0.25) is 10.0 Å². The summed E-state index contributed by atoms with van der Waals surface area (Å²) >= 11 is 1.39. The maximum absolute atomic E-state index is 12.1. The summed E-state index contributed by atoms with van der Waals surface area (Å²) in [6, 6.07) is 6.53. The fourth-order valence-electron chi connectivity index (χ4n) is 1.57. The van der Waals surface area contributed by atoms with E-state index in [1.807, 2.05) is 13.0 Å². The van der Waals surface area contributed by atoms with Crippen LogP contribution in [0.4, 0.5) is 5.69 Å². The van der Waals surface area contributed by atoms with Crippen LogP contribution in [0, 0.1) is 6.92 Å². The highest BCUT2D eigenvalue weighted by atomic mass is 32.2. The van der Waals surface area contributed by atoms with Crippen LogP contribution in [0.1, 0.15) is 5.76 Å². The predicted octanol–water partition coefficient (Wildman–Crippen LogP) is 2.57. The molecule has 0 saturated heterocycles. The molecule has 0 unspecified atom stereocenters. The first kappa shape index (κ1) is 15.0. The van der Waals surface area contributed by atoms with Gasteiger partial charge in [-0.05, 0) is 31.2 Å². The molecule has 0 bridgehead atoms. The number of hydrogen-bond acceptors (Lipinski definition) is 5. The molecular formula is C13H16N2O3S2. The predicted molar refractivity (Wildman–Crippen MR) is 79.3 cm³/mol. The Morgan fingerprint density at radius 1 is 1.20 bits per heavy atom. The smallest absolute Gasteiger partial charge is 0.242 e. The molecule has 1 aromatic carbocycles. The van der Waals surface area contributed by atoms with Gasteiger partial charge in [0.05, 0.1) is 16.1 Å². The number of nitrogens with zero attached hydrogens (tertiary/aromatic N) is 1. The summed E-state index contributed by atoms with van der Waals surface area (Å²) in [6.07, 6.45) is 1.59. The van der Waals surface area contributed by atoms with Crippen LogP contribution in [-0.2, 0) is 10.0 Å². The van der Waals surface area contributed by atoms with Gasteiger partial charge in [0, 0.05) is 24.7 Å². The molecule has 7 heteroatoms. The first-order valence-electron chi connectivity index (χ1n) is 5.86. The zero-order valence-corrected chi connectivity index (χ0v) is 13.1. The zero-order chi connectivity index (χ0) is 14.9. The minimum absolute atomic E-state index is 0.223. The van der Waals surface area contributed by atoms with Crippen molar-refractivity contribution in [3.05, 3.63) is 36.3 Å². The van der Waals surface area contributed by atoms with Crippen LogP contribution < -0.4 is 5.73 Å². The van der Waals surface area contributed by atoms with Gasteiger partial charge in [-0.25, -0.2) is 12.7 Å². The van der Waals surface area contributed by atoms with Gasteiger partial charge in [-0.1, -0.05) is 11.8 Å². The normalized spacial score (nSPS) is 12.0. The van der Waals surface area contributed by atoms with E-state index in [2.05, 4.69) is 0 Å². The van der Waals surface area contributed by atoms with E-state index in [1.165, 1.54) is 36.2 Å². The van der Waals surface area contributed by atoms with Crippen LogP contribution >= 0.6 is 11.8 Å². The first-order chi connectivity index (χ1) is 9.32. The molecule has 108 valence electrons. The topological polar surface area (TPSA) is 76.5 Å². The van der Waals surface area contributed by atoms with Crippen LogP contribution in [0.25, 0.3) is 0 Å². The Balaban J connectivity index is 2.43. The lowest BCUT2D eigenvalue weighted by molar-refractivity contribution is 0.520. The molecule has 0 spiro atoms. The second-order valence-corrected chi connectivity index (χ2v) is 7.67. The van der Waals surface area contributed by atoms with Crippen molar-refractivity contribution < 1.29 is 12.8 Å². The van der Waals surface area contributed by atoms with Crippen molar-refractivity contribution in [3.63, 3.8) is 0 Å². The van der Waals surface area contributed by atoms with E-state index in [0.29, 0.717) is 10.6 Å². The monoisotopic (exact) mass is 312 g/mol. The molecule has 0 amide bonds. The van der Waals surface area contributed by atoms with Crippen LogP contribution in [-0.4, -0.2) is 26.8 Å². The number of benzene rings is 1. The van der Waals surface area contributed by atoms with Crippen molar-refractivity contribution in [2.24, 2.45) is 0 Å². The standard InChI is InChI=1S/C13H16N2O3S2/c1-9-12(6-7-18-9)19-13-8-10(4-5-11(13)14)20(16,17)15(2)3/h4-8H,14H2,1-3H3. The Bertz CT molecular complexity index is 721. The molecule has 2 rings (SSSR count). The number of sulfonamides is 1. The van der Waals surface area contributed by atoms with E-state index >= 15 is 0 Å². The lowest BCUT2D eigenvalue weighted by Gasteiger charge is -2.13.